The summed E-state index contributed by atoms with van der Waals surface area (Å²) in [5.41, 5.74) is 2.97. The van der Waals surface area contributed by atoms with Crippen LogP contribution in [0.3, 0.4) is 0 Å². The Hall–Kier alpha value is -2.32. The van der Waals surface area contributed by atoms with Crippen LogP contribution in [0.2, 0.25) is 10.0 Å². The first kappa shape index (κ1) is 25.8. The van der Waals surface area contributed by atoms with Crippen molar-refractivity contribution in [3.05, 3.63) is 70.5 Å². The van der Waals surface area contributed by atoms with Crippen LogP contribution in [0.1, 0.15) is 18.4 Å². The Morgan fingerprint density at radius 2 is 1.91 bits per heavy atom. The highest BCUT2D eigenvalue weighted by molar-refractivity contribution is 7.99. The van der Waals surface area contributed by atoms with Crippen molar-refractivity contribution in [2.45, 2.75) is 24.5 Å². The number of ether oxygens (including phenoxy) is 1. The summed E-state index contributed by atoms with van der Waals surface area (Å²) in [6.07, 6.45) is 5.75. The molecule has 2 aromatic carbocycles. The van der Waals surface area contributed by atoms with E-state index < -0.39 is 0 Å². The molecule has 1 aromatic heterocycles. The Balaban J connectivity index is 1.20. The summed E-state index contributed by atoms with van der Waals surface area (Å²) < 4.78 is 5.19. The predicted molar refractivity (Wildman–Crippen MR) is 142 cm³/mol. The van der Waals surface area contributed by atoms with Crippen LogP contribution < -0.4 is 10.1 Å². The Morgan fingerprint density at radius 3 is 2.66 bits per heavy atom. The Kier molecular flexibility index (Phi) is 9.26. The van der Waals surface area contributed by atoms with Gasteiger partial charge in [-0.05, 0) is 54.6 Å². The maximum absolute atomic E-state index is 12.4. The number of halogens is 2. The van der Waals surface area contributed by atoms with E-state index in [4.69, 9.17) is 27.9 Å². The molecule has 1 unspecified atom stereocenters. The molecule has 1 aliphatic heterocycles. The molecule has 0 spiro atoms. The predicted octanol–water partition coefficient (Wildman–Crippen LogP) is 5.58. The Labute approximate surface area is 220 Å². The SMILES string of the molecule is COc1ccc(-c2cnc(SCC(=O)NCC3CCCN(Cc4cccc(Cl)c4Cl)C3)nc2)cc1. The summed E-state index contributed by atoms with van der Waals surface area (Å²) in [5.74, 6) is 1.50. The van der Waals surface area contributed by atoms with Crippen LogP contribution >= 0.6 is 35.0 Å². The van der Waals surface area contributed by atoms with E-state index in [1.807, 2.05) is 36.4 Å². The summed E-state index contributed by atoms with van der Waals surface area (Å²) in [4.78, 5) is 23.6. The van der Waals surface area contributed by atoms with Gasteiger partial charge in [-0.15, -0.1) is 0 Å². The zero-order valence-corrected chi connectivity index (χ0v) is 21.9. The second-order valence-corrected chi connectivity index (χ2v) is 10.3. The Morgan fingerprint density at radius 1 is 1.14 bits per heavy atom. The number of carbonyl (C=O) groups is 1. The lowest BCUT2D eigenvalue weighted by Crippen LogP contribution is -2.41. The second kappa shape index (κ2) is 12.6. The van der Waals surface area contributed by atoms with Gasteiger partial charge in [0.15, 0.2) is 5.16 Å². The summed E-state index contributed by atoms with van der Waals surface area (Å²) in [7, 11) is 1.64. The van der Waals surface area contributed by atoms with Gasteiger partial charge < -0.3 is 10.1 Å². The first-order valence-corrected chi connectivity index (χ1v) is 13.3. The molecule has 0 bridgehead atoms. The third kappa shape index (κ3) is 7.34. The van der Waals surface area contributed by atoms with Gasteiger partial charge in [0.1, 0.15) is 5.75 Å². The molecule has 0 saturated carbocycles. The van der Waals surface area contributed by atoms with Crippen LogP contribution in [-0.4, -0.2) is 53.3 Å². The van der Waals surface area contributed by atoms with Crippen molar-refractivity contribution in [3.8, 4) is 16.9 Å². The lowest BCUT2D eigenvalue weighted by molar-refractivity contribution is -0.118. The molecule has 4 rings (SSSR count). The molecule has 9 heteroatoms. The number of aromatic nitrogens is 2. The fourth-order valence-corrected chi connectivity index (χ4v) is 5.13. The molecule has 1 amide bonds. The average Bonchev–Trinajstić information content (AvgIpc) is 2.89. The van der Waals surface area contributed by atoms with Gasteiger partial charge in [-0.3, -0.25) is 9.69 Å². The first-order chi connectivity index (χ1) is 17.0. The fraction of sp³-hybridized carbons (Fsp3) is 0.346. The molecular weight excluding hydrogens is 503 g/mol. The zero-order chi connectivity index (χ0) is 24.6. The third-order valence-corrected chi connectivity index (χ3v) is 7.73. The number of rotatable bonds is 9. The van der Waals surface area contributed by atoms with Gasteiger partial charge in [-0.25, -0.2) is 9.97 Å². The molecule has 184 valence electrons. The number of carbonyl (C=O) groups excluding carboxylic acids is 1. The topological polar surface area (TPSA) is 67.3 Å². The molecule has 3 aromatic rings. The van der Waals surface area contributed by atoms with Crippen molar-refractivity contribution < 1.29 is 9.53 Å². The summed E-state index contributed by atoms with van der Waals surface area (Å²) in [6, 6.07) is 13.5. The largest absolute Gasteiger partial charge is 0.497 e. The van der Waals surface area contributed by atoms with Gasteiger partial charge in [0.25, 0.3) is 0 Å². The van der Waals surface area contributed by atoms with Gasteiger partial charge >= 0.3 is 0 Å². The van der Waals surface area contributed by atoms with Gasteiger partial charge in [-0.2, -0.15) is 0 Å². The van der Waals surface area contributed by atoms with E-state index in [0.717, 1.165) is 54.9 Å². The molecule has 1 saturated heterocycles. The summed E-state index contributed by atoms with van der Waals surface area (Å²) >= 11 is 13.8. The van der Waals surface area contributed by atoms with Crippen molar-refractivity contribution >= 4 is 40.9 Å². The molecule has 0 aliphatic carbocycles. The van der Waals surface area contributed by atoms with Gasteiger partial charge in [0.05, 0.1) is 22.9 Å². The Bertz CT molecular complexity index is 1130. The normalized spacial score (nSPS) is 16.1. The number of amides is 1. The third-order valence-electron chi connectivity index (χ3n) is 6.00. The molecule has 0 radical (unpaired) electrons. The van der Waals surface area contributed by atoms with Gasteiger partial charge in [0.2, 0.25) is 5.91 Å². The maximum atomic E-state index is 12.4. The number of nitrogens with one attached hydrogen (secondary N) is 1. The summed E-state index contributed by atoms with van der Waals surface area (Å²) in [5, 5.41) is 4.87. The highest BCUT2D eigenvalue weighted by Crippen LogP contribution is 2.28. The maximum Gasteiger partial charge on any atom is 0.230 e. The zero-order valence-electron chi connectivity index (χ0n) is 19.5. The monoisotopic (exact) mass is 530 g/mol. The van der Waals surface area contributed by atoms with E-state index >= 15 is 0 Å². The molecule has 1 fully saturated rings. The average molecular weight is 532 g/mol. The molecule has 1 atom stereocenters. The lowest BCUT2D eigenvalue weighted by atomic mass is 9.97. The molecule has 35 heavy (non-hydrogen) atoms. The molecule has 1 aliphatic rings. The second-order valence-electron chi connectivity index (χ2n) is 8.53. The fourth-order valence-electron chi connectivity index (χ4n) is 4.14. The van der Waals surface area contributed by atoms with Gasteiger partial charge in [-0.1, -0.05) is 59.2 Å². The number of benzene rings is 2. The van der Waals surface area contributed by atoms with E-state index in [2.05, 4.69) is 20.2 Å². The quantitative estimate of drug-likeness (QED) is 0.287. The number of nitrogens with zero attached hydrogens (tertiary/aromatic N) is 3. The standard InChI is InChI=1S/C26H28Cl2N4O2S/c1-34-22-9-7-19(8-10-22)21-13-30-26(31-14-21)35-17-24(33)29-12-18-4-3-11-32(15-18)16-20-5-2-6-23(27)25(20)28/h2,5-10,13-14,18H,3-4,11-12,15-17H2,1H3,(H,29,33). The van der Waals surface area contributed by atoms with Crippen LogP contribution in [0, 0.1) is 5.92 Å². The van der Waals surface area contributed by atoms with Crippen molar-refractivity contribution in [1.82, 2.24) is 20.2 Å². The number of piperidine rings is 1. The number of hydrogen-bond acceptors (Lipinski definition) is 6. The van der Waals surface area contributed by atoms with Crippen LogP contribution in [0.4, 0.5) is 0 Å². The van der Waals surface area contributed by atoms with Crippen molar-refractivity contribution in [2.24, 2.45) is 5.92 Å². The van der Waals surface area contributed by atoms with Crippen LogP contribution in [0.15, 0.2) is 60.0 Å². The minimum Gasteiger partial charge on any atom is -0.497 e. The van der Waals surface area contributed by atoms with Crippen LogP contribution in [-0.2, 0) is 11.3 Å². The smallest absolute Gasteiger partial charge is 0.230 e. The van der Waals surface area contributed by atoms with E-state index in [9.17, 15) is 4.79 Å². The van der Waals surface area contributed by atoms with Crippen molar-refractivity contribution in [3.63, 3.8) is 0 Å². The molecule has 1 N–H and O–H groups in total. The highest BCUT2D eigenvalue weighted by Gasteiger charge is 2.21. The van der Waals surface area contributed by atoms with E-state index in [1.54, 1.807) is 25.6 Å². The number of thioether (sulfide) groups is 1. The van der Waals surface area contributed by atoms with E-state index in [0.29, 0.717) is 27.7 Å². The molecular formula is C26H28Cl2N4O2S. The van der Waals surface area contributed by atoms with E-state index in [-0.39, 0.29) is 11.7 Å². The minimum atomic E-state index is -0.00663. The van der Waals surface area contributed by atoms with Crippen LogP contribution in [0.25, 0.3) is 11.1 Å². The van der Waals surface area contributed by atoms with E-state index in [1.165, 1.54) is 11.8 Å². The van der Waals surface area contributed by atoms with Crippen molar-refractivity contribution in [2.75, 3.05) is 32.5 Å². The molecule has 2 heterocycles. The highest BCUT2D eigenvalue weighted by atomic mass is 35.5. The van der Waals surface area contributed by atoms with Gasteiger partial charge in [0, 0.05) is 37.6 Å². The number of methoxy groups -OCH3 is 1. The first-order valence-electron chi connectivity index (χ1n) is 11.5. The number of hydrogen-bond donors (Lipinski definition) is 1. The summed E-state index contributed by atoms with van der Waals surface area (Å²) in [6.45, 7) is 3.37. The van der Waals surface area contributed by atoms with Crippen LogP contribution in [0.5, 0.6) is 5.75 Å². The number of likely N-dealkylation sites (tertiary alicyclic amines) is 1. The van der Waals surface area contributed by atoms with Crippen molar-refractivity contribution in [1.29, 1.82) is 0 Å². The lowest BCUT2D eigenvalue weighted by Gasteiger charge is -2.33. The minimum absolute atomic E-state index is 0.00663. The molecule has 6 nitrogen and oxygen atoms in total.